The van der Waals surface area contributed by atoms with E-state index in [9.17, 15) is 14.7 Å². The Morgan fingerprint density at radius 2 is 2.18 bits per heavy atom. The molecule has 0 radical (unpaired) electrons. The number of esters is 1. The number of benzene rings is 1. The Morgan fingerprint density at radius 3 is 2.89 bits per heavy atom. The first-order chi connectivity index (χ1) is 13.5. The van der Waals surface area contributed by atoms with E-state index in [1.54, 1.807) is 12.1 Å². The number of rotatable bonds is 6. The fraction of sp³-hybridized carbons (Fsp3) is 0.364. The number of Topliss-reactive ketones (excluding diaryl/α,β-unsaturated/α-hetero) is 1. The molecular weight excluding hydrogens is 358 g/mol. The van der Waals surface area contributed by atoms with Gasteiger partial charge in [-0.3, -0.25) is 4.79 Å². The molecular formula is C22H25NO5. The number of dihydropyridines is 1. The smallest absolute Gasteiger partial charge is 0.337 e. The van der Waals surface area contributed by atoms with Gasteiger partial charge in [0.2, 0.25) is 0 Å². The molecule has 2 aliphatic rings. The van der Waals surface area contributed by atoms with E-state index in [0.717, 1.165) is 18.5 Å². The third-order valence-corrected chi connectivity index (χ3v) is 4.95. The molecule has 1 atom stereocenters. The molecule has 1 heterocycles. The van der Waals surface area contributed by atoms with Gasteiger partial charge in [0.25, 0.3) is 0 Å². The van der Waals surface area contributed by atoms with Gasteiger partial charge in [0.05, 0.1) is 12.2 Å². The van der Waals surface area contributed by atoms with Crippen molar-refractivity contribution < 1.29 is 24.2 Å². The zero-order valence-corrected chi connectivity index (χ0v) is 16.2. The number of carbonyl (C=O) groups is 2. The molecule has 6 heteroatoms. The zero-order chi connectivity index (χ0) is 20.3. The van der Waals surface area contributed by atoms with Gasteiger partial charge >= 0.3 is 5.97 Å². The Bertz CT molecular complexity index is 881. The van der Waals surface area contributed by atoms with Gasteiger partial charge in [-0.1, -0.05) is 18.7 Å². The molecule has 28 heavy (non-hydrogen) atoms. The van der Waals surface area contributed by atoms with Crippen molar-refractivity contribution in [3.05, 3.63) is 59.0 Å². The fourth-order valence-corrected chi connectivity index (χ4v) is 3.78. The summed E-state index contributed by atoms with van der Waals surface area (Å²) in [6.07, 6.45) is 3.48. The third-order valence-electron chi connectivity index (χ3n) is 4.95. The Hall–Kier alpha value is -3.02. The van der Waals surface area contributed by atoms with E-state index in [-0.39, 0.29) is 18.1 Å². The number of nitrogens with one attached hydrogen (secondary N) is 1. The van der Waals surface area contributed by atoms with Gasteiger partial charge in [-0.05, 0) is 44.4 Å². The minimum Gasteiger partial charge on any atom is -0.504 e. The summed E-state index contributed by atoms with van der Waals surface area (Å²) in [5, 5.41) is 13.3. The lowest BCUT2D eigenvalue weighted by molar-refractivity contribution is -0.138. The minimum atomic E-state index is -0.568. The first kappa shape index (κ1) is 19.7. The van der Waals surface area contributed by atoms with Crippen LogP contribution in [0.2, 0.25) is 0 Å². The van der Waals surface area contributed by atoms with E-state index in [2.05, 4.69) is 11.9 Å². The fourth-order valence-electron chi connectivity index (χ4n) is 3.78. The maximum atomic E-state index is 12.8. The minimum absolute atomic E-state index is 0.0141. The van der Waals surface area contributed by atoms with Crippen molar-refractivity contribution in [2.24, 2.45) is 0 Å². The van der Waals surface area contributed by atoms with E-state index >= 15 is 0 Å². The van der Waals surface area contributed by atoms with Crippen LogP contribution < -0.4 is 10.1 Å². The lowest BCUT2D eigenvalue weighted by atomic mass is 9.75. The average Bonchev–Trinajstić information content (AvgIpc) is 2.67. The number of carbonyl (C=O) groups excluding carboxylic acids is 2. The lowest BCUT2D eigenvalue weighted by Gasteiger charge is -2.34. The number of phenolic OH excluding ortho intramolecular Hbond substituents is 1. The maximum Gasteiger partial charge on any atom is 0.337 e. The van der Waals surface area contributed by atoms with Gasteiger partial charge in [-0.2, -0.15) is 0 Å². The standard InChI is InChI=1S/C22H25NO5/c1-4-11-28-22(26)19-13(3)23-15-7-6-8-17(25)21(15)20(19)14-9-10-16(24)18(12-14)27-5-2/h4,9-10,12,20,23-24H,1,5-8,11H2,2-3H3/t20-/m1/s1. The molecule has 0 unspecified atom stereocenters. The van der Waals surface area contributed by atoms with Gasteiger partial charge in [0.1, 0.15) is 6.61 Å². The molecule has 0 aromatic heterocycles. The normalized spacial score (nSPS) is 19.1. The monoisotopic (exact) mass is 383 g/mol. The predicted octanol–water partition coefficient (Wildman–Crippen LogP) is 3.49. The van der Waals surface area contributed by atoms with Crippen LogP contribution in [0.3, 0.4) is 0 Å². The summed E-state index contributed by atoms with van der Waals surface area (Å²) in [5.74, 6) is -0.709. The van der Waals surface area contributed by atoms with Crippen LogP contribution in [-0.2, 0) is 14.3 Å². The summed E-state index contributed by atoms with van der Waals surface area (Å²) < 4.78 is 10.8. The highest BCUT2D eigenvalue weighted by atomic mass is 16.5. The molecule has 2 N–H and O–H groups in total. The topological polar surface area (TPSA) is 84.9 Å². The summed E-state index contributed by atoms with van der Waals surface area (Å²) in [7, 11) is 0. The highest BCUT2D eigenvalue weighted by Crippen LogP contribution is 2.44. The van der Waals surface area contributed by atoms with Gasteiger partial charge in [-0.15, -0.1) is 0 Å². The molecule has 148 valence electrons. The Kier molecular flexibility index (Phi) is 5.87. The Labute approximate surface area is 164 Å². The number of allylic oxidation sites excluding steroid dienone is 3. The van der Waals surface area contributed by atoms with E-state index in [1.165, 1.54) is 12.1 Å². The van der Waals surface area contributed by atoms with Crippen molar-refractivity contribution in [1.82, 2.24) is 5.32 Å². The number of hydrogen-bond acceptors (Lipinski definition) is 6. The molecule has 6 nitrogen and oxygen atoms in total. The maximum absolute atomic E-state index is 12.8. The SMILES string of the molecule is C=CCOC(=O)C1=C(C)NC2=C(C(=O)CCC2)[C@@H]1c1ccc(O)c(OCC)c1. The molecule has 0 amide bonds. The number of ether oxygens (including phenoxy) is 2. The molecule has 1 aromatic rings. The molecule has 0 spiro atoms. The average molecular weight is 383 g/mol. The van der Waals surface area contributed by atoms with Crippen LogP contribution in [0.5, 0.6) is 11.5 Å². The van der Waals surface area contributed by atoms with Crippen molar-refractivity contribution >= 4 is 11.8 Å². The van der Waals surface area contributed by atoms with Crippen LogP contribution in [0.4, 0.5) is 0 Å². The number of aromatic hydroxyl groups is 1. The highest BCUT2D eigenvalue weighted by molar-refractivity contribution is 6.03. The quantitative estimate of drug-likeness (QED) is 0.578. The van der Waals surface area contributed by atoms with Crippen LogP contribution in [0.25, 0.3) is 0 Å². The van der Waals surface area contributed by atoms with E-state index < -0.39 is 11.9 Å². The van der Waals surface area contributed by atoms with Crippen molar-refractivity contribution in [3.63, 3.8) is 0 Å². The molecule has 1 aromatic carbocycles. The molecule has 1 aliphatic carbocycles. The lowest BCUT2D eigenvalue weighted by Crippen LogP contribution is -2.34. The van der Waals surface area contributed by atoms with Gasteiger partial charge < -0.3 is 19.9 Å². The second-order valence-corrected chi connectivity index (χ2v) is 6.81. The third kappa shape index (κ3) is 3.67. The molecule has 1 aliphatic heterocycles. The van der Waals surface area contributed by atoms with Crippen LogP contribution >= 0.6 is 0 Å². The molecule has 0 bridgehead atoms. The summed E-state index contributed by atoms with van der Waals surface area (Å²) in [6, 6.07) is 4.93. The first-order valence-corrected chi connectivity index (χ1v) is 9.45. The number of ketones is 1. The Morgan fingerprint density at radius 1 is 1.39 bits per heavy atom. The van der Waals surface area contributed by atoms with Crippen molar-refractivity contribution in [2.45, 2.75) is 39.0 Å². The van der Waals surface area contributed by atoms with Crippen molar-refractivity contribution in [1.29, 1.82) is 0 Å². The van der Waals surface area contributed by atoms with Gasteiger partial charge in [-0.25, -0.2) is 4.79 Å². The predicted molar refractivity (Wildman–Crippen MR) is 105 cm³/mol. The zero-order valence-electron chi connectivity index (χ0n) is 16.2. The molecule has 3 rings (SSSR count). The van der Waals surface area contributed by atoms with E-state index in [4.69, 9.17) is 9.47 Å². The van der Waals surface area contributed by atoms with E-state index in [0.29, 0.717) is 41.2 Å². The second kappa shape index (κ2) is 8.33. The molecule has 0 saturated carbocycles. The van der Waals surface area contributed by atoms with Crippen LogP contribution in [0.1, 0.15) is 44.6 Å². The summed E-state index contributed by atoms with van der Waals surface area (Å²) in [6.45, 7) is 7.68. The second-order valence-electron chi connectivity index (χ2n) is 6.81. The van der Waals surface area contributed by atoms with E-state index in [1.807, 2.05) is 13.8 Å². The Balaban J connectivity index is 2.14. The first-order valence-electron chi connectivity index (χ1n) is 9.45. The molecule has 0 saturated heterocycles. The largest absolute Gasteiger partial charge is 0.504 e. The van der Waals surface area contributed by atoms with Crippen LogP contribution in [-0.4, -0.2) is 30.1 Å². The summed E-state index contributed by atoms with van der Waals surface area (Å²) in [4.78, 5) is 25.6. The summed E-state index contributed by atoms with van der Waals surface area (Å²) in [5.41, 5.74) is 3.21. The number of hydrogen-bond donors (Lipinski definition) is 2. The van der Waals surface area contributed by atoms with Crippen LogP contribution in [0, 0.1) is 0 Å². The van der Waals surface area contributed by atoms with Crippen LogP contribution in [0.15, 0.2) is 53.4 Å². The number of phenols is 1. The van der Waals surface area contributed by atoms with Crippen molar-refractivity contribution in [2.75, 3.05) is 13.2 Å². The summed E-state index contributed by atoms with van der Waals surface area (Å²) >= 11 is 0. The molecule has 0 fully saturated rings. The van der Waals surface area contributed by atoms with Crippen molar-refractivity contribution in [3.8, 4) is 11.5 Å². The van der Waals surface area contributed by atoms with Gasteiger partial charge in [0, 0.05) is 29.3 Å². The highest BCUT2D eigenvalue weighted by Gasteiger charge is 2.39. The van der Waals surface area contributed by atoms with Gasteiger partial charge in [0.15, 0.2) is 17.3 Å².